The molecule has 22 heavy (non-hydrogen) atoms. The van der Waals surface area contributed by atoms with E-state index in [9.17, 15) is 14.7 Å². The summed E-state index contributed by atoms with van der Waals surface area (Å²) >= 11 is 0. The molecule has 0 bridgehead atoms. The van der Waals surface area contributed by atoms with Crippen molar-refractivity contribution in [2.24, 2.45) is 0 Å². The number of carbonyl (C=O) groups excluding carboxylic acids is 2. The summed E-state index contributed by atoms with van der Waals surface area (Å²) in [4.78, 5) is 23.6. The Hall–Kier alpha value is -2.32. The van der Waals surface area contributed by atoms with E-state index in [1.165, 1.54) is 0 Å². The Labute approximate surface area is 130 Å². The van der Waals surface area contributed by atoms with Gasteiger partial charge in [0.05, 0.1) is 18.6 Å². The molecule has 1 fully saturated rings. The zero-order chi connectivity index (χ0) is 16.0. The minimum atomic E-state index is -0.901. The van der Waals surface area contributed by atoms with E-state index >= 15 is 0 Å². The van der Waals surface area contributed by atoms with Crippen molar-refractivity contribution in [1.29, 1.82) is 0 Å². The van der Waals surface area contributed by atoms with Crippen LogP contribution >= 0.6 is 0 Å². The van der Waals surface area contributed by atoms with Crippen molar-refractivity contribution in [2.75, 3.05) is 11.9 Å². The maximum atomic E-state index is 11.8. The number of benzene rings is 1. The second kappa shape index (κ2) is 7.10. The van der Waals surface area contributed by atoms with Gasteiger partial charge in [0.2, 0.25) is 11.8 Å². The van der Waals surface area contributed by atoms with E-state index in [1.54, 1.807) is 24.3 Å². The number of amides is 2. The first-order chi connectivity index (χ1) is 10.5. The molecule has 0 aromatic heterocycles. The van der Waals surface area contributed by atoms with Crippen molar-refractivity contribution in [3.63, 3.8) is 0 Å². The van der Waals surface area contributed by atoms with E-state index in [0.717, 1.165) is 12.8 Å². The zero-order valence-electron chi connectivity index (χ0n) is 12.4. The van der Waals surface area contributed by atoms with Crippen molar-refractivity contribution >= 4 is 17.5 Å². The summed E-state index contributed by atoms with van der Waals surface area (Å²) in [6.45, 7) is -0.130. The summed E-state index contributed by atoms with van der Waals surface area (Å²) in [5.41, 5.74) is 0.358. The Balaban J connectivity index is 1.77. The molecule has 1 aliphatic rings. The molecule has 2 rings (SSSR count). The van der Waals surface area contributed by atoms with Crippen LogP contribution in [0.4, 0.5) is 5.69 Å². The molecule has 3 N–H and O–H groups in total. The zero-order valence-corrected chi connectivity index (χ0v) is 12.4. The van der Waals surface area contributed by atoms with Gasteiger partial charge in [-0.25, -0.2) is 0 Å². The van der Waals surface area contributed by atoms with Gasteiger partial charge in [-0.3, -0.25) is 9.59 Å². The van der Waals surface area contributed by atoms with Gasteiger partial charge < -0.3 is 15.7 Å². The second-order valence-electron chi connectivity index (χ2n) is 5.66. The topological polar surface area (TPSA) is 78.4 Å². The van der Waals surface area contributed by atoms with Gasteiger partial charge in [-0.1, -0.05) is 24.8 Å². The van der Waals surface area contributed by atoms with E-state index in [4.69, 9.17) is 6.42 Å². The lowest BCUT2D eigenvalue weighted by Crippen LogP contribution is -2.38. The number of anilines is 1. The predicted molar refractivity (Wildman–Crippen MR) is 84.1 cm³/mol. The van der Waals surface area contributed by atoms with E-state index < -0.39 is 5.60 Å². The number of hydrogen-bond donors (Lipinski definition) is 3. The van der Waals surface area contributed by atoms with Crippen LogP contribution in [0.2, 0.25) is 0 Å². The minimum Gasteiger partial charge on any atom is -0.389 e. The average Bonchev–Trinajstić information content (AvgIpc) is 2.91. The third-order valence-electron chi connectivity index (χ3n) is 3.78. The van der Waals surface area contributed by atoms with Crippen LogP contribution in [0.15, 0.2) is 24.3 Å². The summed E-state index contributed by atoms with van der Waals surface area (Å²) in [5.74, 6) is 1.85. The second-order valence-corrected chi connectivity index (χ2v) is 5.66. The van der Waals surface area contributed by atoms with Gasteiger partial charge in [0, 0.05) is 11.3 Å². The Kier molecular flexibility index (Phi) is 5.18. The molecule has 1 aromatic rings. The van der Waals surface area contributed by atoms with Crippen LogP contribution in [0.5, 0.6) is 0 Å². The molecule has 116 valence electrons. The Morgan fingerprint density at radius 3 is 2.68 bits per heavy atom. The maximum Gasteiger partial charge on any atom is 0.243 e. The number of hydrogen-bond acceptors (Lipinski definition) is 3. The third kappa shape index (κ3) is 4.61. The average molecular weight is 300 g/mol. The first-order valence-corrected chi connectivity index (χ1v) is 7.36. The Morgan fingerprint density at radius 2 is 2.00 bits per heavy atom. The third-order valence-corrected chi connectivity index (χ3v) is 3.78. The normalized spacial score (nSPS) is 15.8. The van der Waals surface area contributed by atoms with Gasteiger partial charge in [-0.15, -0.1) is 6.42 Å². The van der Waals surface area contributed by atoms with E-state index in [-0.39, 0.29) is 24.8 Å². The summed E-state index contributed by atoms with van der Waals surface area (Å²) in [5, 5.41) is 15.3. The molecule has 5 nitrogen and oxygen atoms in total. The van der Waals surface area contributed by atoms with Gasteiger partial charge in [0.15, 0.2) is 0 Å². The van der Waals surface area contributed by atoms with Crippen LogP contribution in [-0.4, -0.2) is 29.1 Å². The molecular formula is C17H20N2O3. The molecule has 0 saturated heterocycles. The highest BCUT2D eigenvalue weighted by Gasteiger charge is 2.33. The number of nitrogens with one attached hydrogen (secondary N) is 2. The highest BCUT2D eigenvalue weighted by molar-refractivity contribution is 5.94. The lowest BCUT2D eigenvalue weighted by molar-refractivity contribution is -0.128. The van der Waals surface area contributed by atoms with Crippen molar-refractivity contribution in [3.05, 3.63) is 29.8 Å². The predicted octanol–water partition coefficient (Wildman–Crippen LogP) is 1.42. The molecule has 0 radical (unpaired) electrons. The fourth-order valence-electron chi connectivity index (χ4n) is 2.64. The summed E-state index contributed by atoms with van der Waals surface area (Å²) < 4.78 is 0. The quantitative estimate of drug-likeness (QED) is 0.720. The van der Waals surface area contributed by atoms with Gasteiger partial charge in [0.1, 0.15) is 0 Å². The molecule has 1 saturated carbocycles. The molecule has 2 amide bonds. The highest BCUT2D eigenvalue weighted by atomic mass is 16.3. The summed E-state index contributed by atoms with van der Waals surface area (Å²) in [6.07, 6.45) is 8.51. The van der Waals surface area contributed by atoms with Gasteiger partial charge >= 0.3 is 0 Å². The summed E-state index contributed by atoms with van der Waals surface area (Å²) in [7, 11) is 0. The lowest BCUT2D eigenvalue weighted by atomic mass is 9.98. The standard InChI is InChI=1S/C17H20N2O3/c1-2-13-6-5-7-14(10-13)19-16(21)12-18-15(20)11-17(22)8-3-4-9-17/h1,5-7,10,22H,3-4,8-9,11-12H2,(H,18,20)(H,19,21). The Bertz CT molecular complexity index is 598. The van der Waals surface area contributed by atoms with Crippen LogP contribution in [0, 0.1) is 12.3 Å². The Morgan fingerprint density at radius 1 is 1.27 bits per heavy atom. The monoisotopic (exact) mass is 300 g/mol. The fraction of sp³-hybridized carbons (Fsp3) is 0.412. The molecule has 5 heteroatoms. The number of carbonyl (C=O) groups is 2. The first kappa shape index (κ1) is 16.1. The largest absolute Gasteiger partial charge is 0.389 e. The van der Waals surface area contributed by atoms with E-state index in [1.807, 2.05) is 0 Å². The number of terminal acetylenes is 1. The van der Waals surface area contributed by atoms with Crippen molar-refractivity contribution < 1.29 is 14.7 Å². The molecule has 1 aromatic carbocycles. The van der Waals surface area contributed by atoms with Crippen LogP contribution in [0.3, 0.4) is 0 Å². The van der Waals surface area contributed by atoms with Gasteiger partial charge in [-0.2, -0.15) is 0 Å². The van der Waals surface area contributed by atoms with Crippen LogP contribution < -0.4 is 10.6 Å². The number of aliphatic hydroxyl groups is 1. The molecule has 0 unspecified atom stereocenters. The van der Waals surface area contributed by atoms with Crippen molar-refractivity contribution in [1.82, 2.24) is 5.32 Å². The SMILES string of the molecule is C#Cc1cccc(NC(=O)CNC(=O)CC2(O)CCCC2)c1. The molecular weight excluding hydrogens is 280 g/mol. The lowest BCUT2D eigenvalue weighted by Gasteiger charge is -2.20. The molecule has 1 aliphatic carbocycles. The maximum absolute atomic E-state index is 11.8. The molecule has 0 aliphatic heterocycles. The molecule has 0 heterocycles. The van der Waals surface area contributed by atoms with Crippen molar-refractivity contribution in [2.45, 2.75) is 37.7 Å². The fourth-order valence-corrected chi connectivity index (χ4v) is 2.64. The van der Waals surface area contributed by atoms with Crippen LogP contribution in [0.25, 0.3) is 0 Å². The minimum absolute atomic E-state index is 0.0485. The van der Waals surface area contributed by atoms with Gasteiger partial charge in [0.25, 0.3) is 0 Å². The first-order valence-electron chi connectivity index (χ1n) is 7.36. The van der Waals surface area contributed by atoms with Gasteiger partial charge in [-0.05, 0) is 31.0 Å². The van der Waals surface area contributed by atoms with Crippen molar-refractivity contribution in [3.8, 4) is 12.3 Å². The van der Waals surface area contributed by atoms with E-state index in [0.29, 0.717) is 24.1 Å². The molecule has 0 spiro atoms. The van der Waals surface area contributed by atoms with Crippen LogP contribution in [-0.2, 0) is 9.59 Å². The van der Waals surface area contributed by atoms with E-state index in [2.05, 4.69) is 16.6 Å². The molecule has 0 atom stereocenters. The summed E-state index contributed by atoms with van der Waals surface area (Å²) in [6, 6.07) is 6.92. The number of rotatable bonds is 5. The highest BCUT2D eigenvalue weighted by Crippen LogP contribution is 2.32. The van der Waals surface area contributed by atoms with Crippen LogP contribution in [0.1, 0.15) is 37.7 Å². The smallest absolute Gasteiger partial charge is 0.243 e.